The second kappa shape index (κ2) is 8.04. The molecule has 1 amide bonds. The zero-order valence-electron chi connectivity index (χ0n) is 11.9. The highest BCUT2D eigenvalue weighted by Gasteiger charge is 2.26. The molecule has 19 heavy (non-hydrogen) atoms. The predicted molar refractivity (Wildman–Crippen MR) is 77.7 cm³/mol. The van der Waals surface area contributed by atoms with E-state index in [4.69, 9.17) is 4.74 Å². The maximum Gasteiger partial charge on any atom is 0.239 e. The molecule has 0 aromatic rings. The summed E-state index contributed by atoms with van der Waals surface area (Å²) in [7, 11) is 0. The summed E-state index contributed by atoms with van der Waals surface area (Å²) in [6, 6.07) is 0.771. The Kier molecular flexibility index (Phi) is 7.07. The van der Waals surface area contributed by atoms with Crippen molar-refractivity contribution in [2.75, 3.05) is 32.8 Å². The average Bonchev–Trinajstić information content (AvgIpc) is 2.40. The van der Waals surface area contributed by atoms with Crippen LogP contribution in [0, 0.1) is 0 Å². The summed E-state index contributed by atoms with van der Waals surface area (Å²) in [6.07, 6.45) is 2.11. The van der Waals surface area contributed by atoms with Gasteiger partial charge in [0, 0.05) is 31.7 Å². The van der Waals surface area contributed by atoms with Gasteiger partial charge in [-0.2, -0.15) is 0 Å². The second-order valence-electron chi connectivity index (χ2n) is 5.49. The van der Waals surface area contributed by atoms with Crippen molar-refractivity contribution in [2.45, 2.75) is 44.8 Å². The van der Waals surface area contributed by atoms with Gasteiger partial charge in [0.05, 0.1) is 13.2 Å². The van der Waals surface area contributed by atoms with Crippen LogP contribution in [0.5, 0.6) is 0 Å². The van der Waals surface area contributed by atoms with E-state index in [1.54, 1.807) is 0 Å². The highest BCUT2D eigenvalue weighted by atomic mass is 35.5. The third-order valence-corrected chi connectivity index (χ3v) is 3.84. The van der Waals surface area contributed by atoms with Crippen molar-refractivity contribution in [3.63, 3.8) is 0 Å². The summed E-state index contributed by atoms with van der Waals surface area (Å²) in [6.45, 7) is 8.58. The van der Waals surface area contributed by atoms with E-state index in [0.29, 0.717) is 25.3 Å². The van der Waals surface area contributed by atoms with Gasteiger partial charge in [-0.05, 0) is 26.7 Å². The van der Waals surface area contributed by atoms with Crippen LogP contribution in [0.2, 0.25) is 0 Å². The van der Waals surface area contributed by atoms with Gasteiger partial charge in [0.2, 0.25) is 5.91 Å². The van der Waals surface area contributed by atoms with Gasteiger partial charge in [-0.3, -0.25) is 4.79 Å². The predicted octanol–water partition coefficient (Wildman–Crippen LogP) is 0.386. The fourth-order valence-electron chi connectivity index (χ4n) is 2.60. The number of hydrogen-bond acceptors (Lipinski definition) is 4. The van der Waals surface area contributed by atoms with Crippen molar-refractivity contribution in [2.24, 2.45) is 0 Å². The Morgan fingerprint density at radius 2 is 2.05 bits per heavy atom. The molecule has 0 aromatic heterocycles. The van der Waals surface area contributed by atoms with E-state index in [0.717, 1.165) is 32.5 Å². The van der Waals surface area contributed by atoms with Gasteiger partial charge >= 0.3 is 0 Å². The van der Waals surface area contributed by atoms with Crippen LogP contribution >= 0.6 is 12.4 Å². The van der Waals surface area contributed by atoms with E-state index in [2.05, 4.69) is 29.4 Å². The molecule has 2 saturated heterocycles. The third kappa shape index (κ3) is 4.91. The Morgan fingerprint density at radius 1 is 1.37 bits per heavy atom. The number of morpholine rings is 1. The first-order valence-electron chi connectivity index (χ1n) is 7.02. The molecule has 0 aromatic carbocycles. The van der Waals surface area contributed by atoms with E-state index in [1.165, 1.54) is 0 Å². The number of amides is 1. The fourth-order valence-corrected chi connectivity index (χ4v) is 2.60. The van der Waals surface area contributed by atoms with Gasteiger partial charge in [0.25, 0.3) is 0 Å². The monoisotopic (exact) mass is 291 g/mol. The van der Waals surface area contributed by atoms with Crippen LogP contribution in [0.1, 0.15) is 26.7 Å². The number of ether oxygens (including phenoxy) is 1. The molecule has 2 fully saturated rings. The minimum absolute atomic E-state index is 0. The number of nitrogens with one attached hydrogen (secondary N) is 2. The molecule has 5 nitrogen and oxygen atoms in total. The Bertz CT molecular complexity index is 275. The minimum atomic E-state index is -0.165. The summed E-state index contributed by atoms with van der Waals surface area (Å²) in [5, 5.41) is 6.33. The number of likely N-dealkylation sites (tertiary alicyclic amines) is 1. The number of carbonyl (C=O) groups is 1. The largest absolute Gasteiger partial charge is 0.378 e. The van der Waals surface area contributed by atoms with Crippen LogP contribution in [0.15, 0.2) is 0 Å². The van der Waals surface area contributed by atoms with Crippen molar-refractivity contribution in [1.82, 2.24) is 15.5 Å². The molecule has 0 spiro atoms. The Labute approximate surface area is 121 Å². The highest BCUT2D eigenvalue weighted by molar-refractivity contribution is 5.85. The van der Waals surface area contributed by atoms with Crippen LogP contribution in [0.4, 0.5) is 0 Å². The topological polar surface area (TPSA) is 53.6 Å². The molecule has 2 aliphatic heterocycles. The first-order valence-corrected chi connectivity index (χ1v) is 7.02. The lowest BCUT2D eigenvalue weighted by Gasteiger charge is -2.35. The first-order chi connectivity index (χ1) is 8.66. The highest BCUT2D eigenvalue weighted by Crippen LogP contribution is 2.13. The van der Waals surface area contributed by atoms with Crippen LogP contribution < -0.4 is 10.6 Å². The number of halogens is 1. The summed E-state index contributed by atoms with van der Waals surface area (Å²) in [5.41, 5.74) is 0. The van der Waals surface area contributed by atoms with E-state index >= 15 is 0 Å². The van der Waals surface area contributed by atoms with E-state index in [1.807, 2.05) is 0 Å². The molecule has 2 rings (SSSR count). The molecule has 0 bridgehead atoms. The van der Waals surface area contributed by atoms with Crippen molar-refractivity contribution in [3.05, 3.63) is 0 Å². The average molecular weight is 292 g/mol. The van der Waals surface area contributed by atoms with Gasteiger partial charge in [0.15, 0.2) is 0 Å². The molecule has 112 valence electrons. The lowest BCUT2D eigenvalue weighted by atomic mass is 10.0. The van der Waals surface area contributed by atoms with Crippen LogP contribution in [0.3, 0.4) is 0 Å². The smallest absolute Gasteiger partial charge is 0.239 e. The summed E-state index contributed by atoms with van der Waals surface area (Å²) >= 11 is 0. The Morgan fingerprint density at radius 3 is 2.58 bits per heavy atom. The lowest BCUT2D eigenvalue weighted by molar-refractivity contribution is -0.127. The van der Waals surface area contributed by atoms with Gasteiger partial charge in [0.1, 0.15) is 6.04 Å². The lowest BCUT2D eigenvalue weighted by Crippen LogP contribution is -2.55. The zero-order valence-corrected chi connectivity index (χ0v) is 12.7. The molecule has 2 N–H and O–H groups in total. The molecule has 0 saturated carbocycles. The zero-order chi connectivity index (χ0) is 13.0. The van der Waals surface area contributed by atoms with Crippen LogP contribution in [-0.4, -0.2) is 61.8 Å². The third-order valence-electron chi connectivity index (χ3n) is 3.84. The van der Waals surface area contributed by atoms with Gasteiger partial charge in [-0.15, -0.1) is 12.4 Å². The van der Waals surface area contributed by atoms with E-state index in [9.17, 15) is 4.79 Å². The molecule has 0 radical (unpaired) electrons. The molecule has 2 aliphatic rings. The number of carbonyl (C=O) groups excluding carboxylic acids is 1. The van der Waals surface area contributed by atoms with Crippen molar-refractivity contribution >= 4 is 18.3 Å². The number of rotatable bonds is 3. The summed E-state index contributed by atoms with van der Waals surface area (Å²) < 4.78 is 5.31. The molecule has 0 aliphatic carbocycles. The molecule has 1 unspecified atom stereocenters. The quantitative estimate of drug-likeness (QED) is 0.790. The molecule has 6 heteroatoms. The Balaban J connectivity index is 0.00000180. The van der Waals surface area contributed by atoms with Crippen molar-refractivity contribution < 1.29 is 9.53 Å². The molecule has 1 atom stereocenters. The fraction of sp³-hybridized carbons (Fsp3) is 0.923. The number of piperidine rings is 1. The maximum atomic E-state index is 12.0. The van der Waals surface area contributed by atoms with Crippen molar-refractivity contribution in [3.8, 4) is 0 Å². The van der Waals surface area contributed by atoms with Gasteiger partial charge < -0.3 is 20.3 Å². The van der Waals surface area contributed by atoms with Crippen molar-refractivity contribution in [1.29, 1.82) is 0 Å². The molecular formula is C13H26ClN3O2. The Hall–Kier alpha value is -0.360. The van der Waals surface area contributed by atoms with E-state index in [-0.39, 0.29) is 24.4 Å². The first kappa shape index (κ1) is 16.7. The normalized spacial score (nSPS) is 25.9. The van der Waals surface area contributed by atoms with Crippen LogP contribution in [-0.2, 0) is 9.53 Å². The second-order valence-corrected chi connectivity index (χ2v) is 5.49. The number of nitrogens with zero attached hydrogens (tertiary/aromatic N) is 1. The SMILES string of the molecule is CC(C)N1CCC(NC(=O)C2COCCN2)CC1.Cl. The van der Waals surface area contributed by atoms with Gasteiger partial charge in [-0.25, -0.2) is 0 Å². The summed E-state index contributed by atoms with van der Waals surface area (Å²) in [5.74, 6) is 0.0951. The molecule has 2 heterocycles. The minimum Gasteiger partial charge on any atom is -0.378 e. The van der Waals surface area contributed by atoms with Gasteiger partial charge in [-0.1, -0.05) is 0 Å². The summed E-state index contributed by atoms with van der Waals surface area (Å²) in [4.78, 5) is 14.5. The number of hydrogen-bond donors (Lipinski definition) is 2. The van der Waals surface area contributed by atoms with Crippen LogP contribution in [0.25, 0.3) is 0 Å². The maximum absolute atomic E-state index is 12.0. The van der Waals surface area contributed by atoms with E-state index < -0.39 is 0 Å². The standard InChI is InChI=1S/C13H25N3O2.ClH/c1-10(2)16-6-3-11(4-7-16)15-13(17)12-9-18-8-5-14-12;/h10-12,14H,3-9H2,1-2H3,(H,15,17);1H. The molecular weight excluding hydrogens is 266 g/mol.